The van der Waals surface area contributed by atoms with Crippen molar-refractivity contribution in [2.24, 2.45) is 0 Å². The highest BCUT2D eigenvalue weighted by Gasteiger charge is 2.22. The van der Waals surface area contributed by atoms with Gasteiger partial charge in [0.25, 0.3) is 0 Å². The van der Waals surface area contributed by atoms with Gasteiger partial charge in [0.1, 0.15) is 24.1 Å². The molecule has 0 radical (unpaired) electrons. The molecule has 0 saturated carbocycles. The lowest BCUT2D eigenvalue weighted by Crippen LogP contribution is -2.49. The second kappa shape index (κ2) is 9.27. The van der Waals surface area contributed by atoms with Crippen LogP contribution in [0.2, 0.25) is 10.0 Å². The molecule has 0 aliphatic carbocycles. The molecule has 30 heavy (non-hydrogen) atoms. The van der Waals surface area contributed by atoms with E-state index in [4.69, 9.17) is 27.9 Å². The zero-order chi connectivity index (χ0) is 21.1. The van der Waals surface area contributed by atoms with Crippen LogP contribution in [-0.2, 0) is 0 Å². The maximum atomic E-state index is 10.4. The Morgan fingerprint density at radius 3 is 2.50 bits per heavy atom. The van der Waals surface area contributed by atoms with Crippen molar-refractivity contribution in [2.45, 2.75) is 6.10 Å². The predicted octanol–water partition coefficient (Wildman–Crippen LogP) is 3.81. The largest absolute Gasteiger partial charge is 0.492 e. The number of nitrogens with zero attached hydrogens (tertiary/aromatic N) is 3. The van der Waals surface area contributed by atoms with Gasteiger partial charge in [0, 0.05) is 43.9 Å². The van der Waals surface area contributed by atoms with Crippen molar-refractivity contribution < 1.29 is 14.9 Å². The average Bonchev–Trinajstić information content (AvgIpc) is 2.74. The molecule has 0 spiro atoms. The molecule has 0 amide bonds. The van der Waals surface area contributed by atoms with Gasteiger partial charge in [-0.2, -0.15) is 0 Å². The number of rotatable bonds is 6. The van der Waals surface area contributed by atoms with Crippen LogP contribution < -0.4 is 9.64 Å². The van der Waals surface area contributed by atoms with Crippen LogP contribution >= 0.6 is 23.2 Å². The van der Waals surface area contributed by atoms with Crippen LogP contribution in [0.15, 0.2) is 48.7 Å². The quantitative estimate of drug-likeness (QED) is 0.598. The smallest absolute Gasteiger partial charge is 0.235 e. The Labute approximate surface area is 185 Å². The van der Waals surface area contributed by atoms with Gasteiger partial charge in [-0.3, -0.25) is 4.90 Å². The molecule has 1 aliphatic heterocycles. The first kappa shape index (κ1) is 21.0. The van der Waals surface area contributed by atoms with E-state index < -0.39 is 6.10 Å². The van der Waals surface area contributed by atoms with E-state index in [0.717, 1.165) is 42.7 Å². The third kappa shape index (κ3) is 5.08. The Morgan fingerprint density at radius 2 is 1.70 bits per heavy atom. The van der Waals surface area contributed by atoms with Crippen LogP contribution in [0.1, 0.15) is 0 Å². The molecule has 1 aromatic heterocycles. The molecule has 1 unspecified atom stereocenters. The van der Waals surface area contributed by atoms with Gasteiger partial charge in [-0.25, -0.2) is 4.98 Å². The Kier molecular flexibility index (Phi) is 6.49. The summed E-state index contributed by atoms with van der Waals surface area (Å²) in [7, 11) is 0. The Bertz CT molecular complexity index is 1030. The number of aromatic nitrogens is 1. The summed E-state index contributed by atoms with van der Waals surface area (Å²) in [5.74, 6) is 0.705. The Balaban J connectivity index is 1.26. The summed E-state index contributed by atoms with van der Waals surface area (Å²) in [6.45, 7) is 3.71. The number of halogens is 2. The van der Waals surface area contributed by atoms with E-state index in [9.17, 15) is 10.2 Å². The highest BCUT2D eigenvalue weighted by molar-refractivity contribution is 6.31. The number of ether oxygens (including phenoxy) is 1. The lowest BCUT2D eigenvalue weighted by Gasteiger charge is -2.36. The monoisotopic (exact) mass is 447 g/mol. The molecule has 6 nitrogen and oxygen atoms in total. The maximum Gasteiger partial charge on any atom is 0.235 e. The van der Waals surface area contributed by atoms with E-state index in [1.807, 2.05) is 36.4 Å². The van der Waals surface area contributed by atoms with Gasteiger partial charge in [0.05, 0.1) is 5.02 Å². The van der Waals surface area contributed by atoms with E-state index in [1.54, 1.807) is 6.07 Å². The number of pyridine rings is 1. The zero-order valence-corrected chi connectivity index (χ0v) is 17.9. The second-order valence-corrected chi connectivity index (χ2v) is 8.27. The molecule has 0 bridgehead atoms. The topological polar surface area (TPSA) is 69.1 Å². The van der Waals surface area contributed by atoms with Crippen molar-refractivity contribution in [3.63, 3.8) is 0 Å². The molecule has 158 valence electrons. The summed E-state index contributed by atoms with van der Waals surface area (Å²) >= 11 is 12.0. The molecule has 1 fully saturated rings. The molecule has 1 aliphatic rings. The summed E-state index contributed by atoms with van der Waals surface area (Å²) in [5, 5.41) is 23.7. The van der Waals surface area contributed by atoms with Gasteiger partial charge < -0.3 is 19.8 Å². The summed E-state index contributed by atoms with van der Waals surface area (Å²) in [5.41, 5.74) is 0.642. The van der Waals surface area contributed by atoms with Gasteiger partial charge >= 0.3 is 0 Å². The molecule has 4 rings (SSSR count). The molecule has 8 heteroatoms. The van der Waals surface area contributed by atoms with Crippen LogP contribution in [0, 0.1) is 0 Å². The number of hydrogen-bond acceptors (Lipinski definition) is 6. The highest BCUT2D eigenvalue weighted by atomic mass is 35.5. The minimum absolute atomic E-state index is 0.0149. The van der Waals surface area contributed by atoms with Gasteiger partial charge in [0.15, 0.2) is 0 Å². The lowest BCUT2D eigenvalue weighted by atomic mass is 10.1. The van der Waals surface area contributed by atoms with E-state index in [2.05, 4.69) is 14.8 Å². The number of piperazine rings is 1. The number of fused-ring (bicyclic) bond motifs is 1. The summed E-state index contributed by atoms with van der Waals surface area (Å²) in [6, 6.07) is 13.2. The van der Waals surface area contributed by atoms with Crippen LogP contribution in [-0.4, -0.2) is 65.5 Å². The van der Waals surface area contributed by atoms with Crippen molar-refractivity contribution in [3.8, 4) is 11.6 Å². The number of aliphatic hydroxyl groups is 1. The first-order valence-corrected chi connectivity index (χ1v) is 10.6. The lowest BCUT2D eigenvalue weighted by molar-refractivity contribution is 0.0663. The number of benzene rings is 2. The van der Waals surface area contributed by atoms with Crippen molar-refractivity contribution >= 4 is 39.7 Å². The molecule has 1 saturated heterocycles. The SMILES string of the molecule is Oc1ncc(Cl)cc1N1CCN(CC(O)COc2ccc3cc(Cl)ccc3c2)CC1. The molecule has 1 atom stereocenters. The molecule has 2 aromatic carbocycles. The summed E-state index contributed by atoms with van der Waals surface area (Å²) in [6.07, 6.45) is 0.830. The summed E-state index contributed by atoms with van der Waals surface area (Å²) in [4.78, 5) is 8.14. The van der Waals surface area contributed by atoms with E-state index in [1.165, 1.54) is 6.20 Å². The fourth-order valence-electron chi connectivity index (χ4n) is 3.65. The van der Waals surface area contributed by atoms with Crippen LogP contribution in [0.25, 0.3) is 10.8 Å². The van der Waals surface area contributed by atoms with Gasteiger partial charge in [-0.05, 0) is 41.1 Å². The number of hydrogen-bond donors (Lipinski definition) is 2. The van der Waals surface area contributed by atoms with Crippen molar-refractivity contribution in [3.05, 3.63) is 58.7 Å². The molecule has 3 aromatic rings. The van der Waals surface area contributed by atoms with Crippen molar-refractivity contribution in [2.75, 3.05) is 44.2 Å². The number of anilines is 1. The molecule has 2 N–H and O–H groups in total. The normalized spacial score (nSPS) is 16.0. The summed E-state index contributed by atoms with van der Waals surface area (Å²) < 4.78 is 5.79. The van der Waals surface area contributed by atoms with Gasteiger partial charge in [0.2, 0.25) is 5.88 Å². The maximum absolute atomic E-state index is 10.4. The standard InChI is InChI=1S/C22H23Cl2N3O3/c23-17-3-1-16-10-20(4-2-15(16)9-17)30-14-19(28)13-26-5-7-27(8-6-26)21-11-18(24)12-25-22(21)29/h1-4,9-12,19,28H,5-8,13-14H2,(H,25,29). The van der Waals surface area contributed by atoms with Crippen molar-refractivity contribution in [1.82, 2.24) is 9.88 Å². The molecular formula is C22H23Cl2N3O3. The van der Waals surface area contributed by atoms with Crippen molar-refractivity contribution in [1.29, 1.82) is 0 Å². The second-order valence-electron chi connectivity index (χ2n) is 7.40. The fourth-order valence-corrected chi connectivity index (χ4v) is 3.99. The minimum atomic E-state index is -0.598. The van der Waals surface area contributed by atoms with Gasteiger partial charge in [-0.15, -0.1) is 0 Å². The van der Waals surface area contributed by atoms with Crippen LogP contribution in [0.4, 0.5) is 5.69 Å². The fraction of sp³-hybridized carbons (Fsp3) is 0.318. The number of β-amino-alcohol motifs (C(OH)–C–C–N with tert-alkyl or cyclic N) is 1. The Morgan fingerprint density at radius 1 is 0.967 bits per heavy atom. The third-order valence-electron chi connectivity index (χ3n) is 5.21. The van der Waals surface area contributed by atoms with E-state index >= 15 is 0 Å². The zero-order valence-electron chi connectivity index (χ0n) is 16.3. The van der Waals surface area contributed by atoms with Crippen LogP contribution in [0.3, 0.4) is 0 Å². The number of aromatic hydroxyl groups is 1. The van der Waals surface area contributed by atoms with Gasteiger partial charge in [-0.1, -0.05) is 35.3 Å². The van der Waals surface area contributed by atoms with E-state index in [0.29, 0.717) is 22.3 Å². The van der Waals surface area contributed by atoms with E-state index in [-0.39, 0.29) is 12.5 Å². The third-order valence-corrected chi connectivity index (χ3v) is 5.65. The number of aliphatic hydroxyl groups excluding tert-OH is 1. The average molecular weight is 448 g/mol. The molecular weight excluding hydrogens is 425 g/mol. The highest BCUT2D eigenvalue weighted by Crippen LogP contribution is 2.28. The predicted molar refractivity (Wildman–Crippen MR) is 120 cm³/mol. The first-order chi connectivity index (χ1) is 14.5. The Hall–Kier alpha value is -2.25. The first-order valence-electron chi connectivity index (χ1n) is 9.80. The minimum Gasteiger partial charge on any atom is -0.492 e. The van der Waals surface area contributed by atoms with Crippen LogP contribution in [0.5, 0.6) is 11.6 Å². The molecule has 2 heterocycles.